The molecule has 1 aliphatic rings. The number of hydrogen-bond donors (Lipinski definition) is 1. The van der Waals surface area contributed by atoms with Crippen LogP contribution < -0.4 is 5.32 Å². The normalized spacial score (nSPS) is 18.5. The topological polar surface area (TPSA) is 38.3 Å². The summed E-state index contributed by atoms with van der Waals surface area (Å²) in [5.41, 5.74) is 0.989. The number of rotatable bonds is 5. The summed E-state index contributed by atoms with van der Waals surface area (Å²) in [5, 5.41) is 4.15. The van der Waals surface area contributed by atoms with Crippen LogP contribution in [0.2, 0.25) is 10.0 Å². The summed E-state index contributed by atoms with van der Waals surface area (Å²) in [5.74, 6) is 0.0389. The van der Waals surface area contributed by atoms with E-state index in [4.69, 9.17) is 27.9 Å². The molecule has 1 saturated heterocycles. The molecule has 104 valence electrons. The molecule has 1 amide bonds. The molecule has 0 radical (unpaired) electrons. The molecule has 3 nitrogen and oxygen atoms in total. The third-order valence-electron chi connectivity index (χ3n) is 3.17. The number of halogens is 2. The lowest BCUT2D eigenvalue weighted by atomic mass is 10.1. The van der Waals surface area contributed by atoms with Crippen LogP contribution in [0.1, 0.15) is 24.8 Å². The summed E-state index contributed by atoms with van der Waals surface area (Å²) in [6.07, 6.45) is 3.29. The standard InChI is InChI=1S/C14H17Cl2NO2/c15-11-4-3-10(13(16)8-11)5-6-17-14(18)9-12-2-1-7-19-12/h3-4,8,12H,1-2,5-7,9H2,(H,17,18)/t12-/m1/s1. The van der Waals surface area contributed by atoms with Crippen molar-refractivity contribution in [3.63, 3.8) is 0 Å². The molecule has 19 heavy (non-hydrogen) atoms. The zero-order valence-corrected chi connectivity index (χ0v) is 12.1. The zero-order chi connectivity index (χ0) is 13.7. The van der Waals surface area contributed by atoms with Crippen LogP contribution in [0, 0.1) is 0 Å². The van der Waals surface area contributed by atoms with Crippen LogP contribution in [-0.2, 0) is 16.0 Å². The Hall–Kier alpha value is -0.770. The molecule has 2 rings (SSSR count). The predicted molar refractivity (Wildman–Crippen MR) is 76.8 cm³/mol. The monoisotopic (exact) mass is 301 g/mol. The number of carbonyl (C=O) groups excluding carboxylic acids is 1. The van der Waals surface area contributed by atoms with Crippen LogP contribution in [0.15, 0.2) is 18.2 Å². The fraction of sp³-hybridized carbons (Fsp3) is 0.500. The smallest absolute Gasteiger partial charge is 0.222 e. The Morgan fingerprint density at radius 1 is 1.42 bits per heavy atom. The molecule has 0 aliphatic carbocycles. The molecule has 0 unspecified atom stereocenters. The number of amides is 1. The largest absolute Gasteiger partial charge is 0.378 e. The van der Waals surface area contributed by atoms with E-state index in [1.807, 2.05) is 6.07 Å². The summed E-state index contributed by atoms with van der Waals surface area (Å²) in [6, 6.07) is 5.40. The summed E-state index contributed by atoms with van der Waals surface area (Å²) in [6.45, 7) is 1.35. The lowest BCUT2D eigenvalue weighted by Crippen LogP contribution is -2.29. The summed E-state index contributed by atoms with van der Waals surface area (Å²) >= 11 is 11.9. The molecular weight excluding hydrogens is 285 g/mol. The minimum atomic E-state index is 0.0389. The molecule has 1 aliphatic heterocycles. The van der Waals surface area contributed by atoms with E-state index >= 15 is 0 Å². The van der Waals surface area contributed by atoms with Gasteiger partial charge < -0.3 is 10.1 Å². The van der Waals surface area contributed by atoms with Crippen molar-refractivity contribution < 1.29 is 9.53 Å². The maximum Gasteiger partial charge on any atom is 0.222 e. The van der Waals surface area contributed by atoms with Crippen LogP contribution in [-0.4, -0.2) is 25.2 Å². The highest BCUT2D eigenvalue weighted by Gasteiger charge is 2.18. The predicted octanol–water partition coefficient (Wildman–Crippen LogP) is 3.22. The Morgan fingerprint density at radius 2 is 2.26 bits per heavy atom. The molecule has 1 fully saturated rings. The first-order valence-corrected chi connectivity index (χ1v) is 7.23. The van der Waals surface area contributed by atoms with E-state index in [1.165, 1.54) is 0 Å². The second-order valence-electron chi connectivity index (χ2n) is 4.67. The van der Waals surface area contributed by atoms with E-state index in [0.29, 0.717) is 29.4 Å². The lowest BCUT2D eigenvalue weighted by molar-refractivity contribution is -0.123. The van der Waals surface area contributed by atoms with Crippen LogP contribution in [0.5, 0.6) is 0 Å². The van der Waals surface area contributed by atoms with Gasteiger partial charge in [-0.25, -0.2) is 0 Å². The van der Waals surface area contributed by atoms with Gasteiger partial charge in [0.1, 0.15) is 0 Å². The Kier molecular flexibility index (Phi) is 5.49. The first-order chi connectivity index (χ1) is 9.15. The second kappa shape index (κ2) is 7.13. The van der Waals surface area contributed by atoms with Crippen molar-refractivity contribution in [2.75, 3.05) is 13.2 Å². The summed E-state index contributed by atoms with van der Waals surface area (Å²) in [7, 11) is 0. The third-order valence-corrected chi connectivity index (χ3v) is 3.76. The molecule has 1 N–H and O–H groups in total. The molecule has 0 saturated carbocycles. The van der Waals surface area contributed by atoms with Crippen molar-refractivity contribution in [3.8, 4) is 0 Å². The van der Waals surface area contributed by atoms with E-state index in [-0.39, 0.29) is 12.0 Å². The fourth-order valence-corrected chi connectivity index (χ4v) is 2.65. The molecular formula is C14H17Cl2NO2. The van der Waals surface area contributed by atoms with Gasteiger partial charge in [-0.15, -0.1) is 0 Å². The molecule has 0 bridgehead atoms. The highest BCUT2D eigenvalue weighted by atomic mass is 35.5. The van der Waals surface area contributed by atoms with Crippen molar-refractivity contribution in [2.45, 2.75) is 31.8 Å². The summed E-state index contributed by atoms with van der Waals surface area (Å²) in [4.78, 5) is 11.7. The average Bonchev–Trinajstić information content (AvgIpc) is 2.84. The van der Waals surface area contributed by atoms with Gasteiger partial charge in [0.05, 0.1) is 12.5 Å². The lowest BCUT2D eigenvalue weighted by Gasteiger charge is -2.10. The molecule has 5 heteroatoms. The number of carbonyl (C=O) groups is 1. The minimum Gasteiger partial charge on any atom is -0.378 e. The summed E-state index contributed by atoms with van der Waals surface area (Å²) < 4.78 is 5.42. The van der Waals surface area contributed by atoms with Gasteiger partial charge in [-0.1, -0.05) is 29.3 Å². The van der Waals surface area contributed by atoms with Crippen LogP contribution in [0.25, 0.3) is 0 Å². The highest BCUT2D eigenvalue weighted by Crippen LogP contribution is 2.21. The van der Waals surface area contributed by atoms with E-state index < -0.39 is 0 Å². The maximum atomic E-state index is 11.7. The maximum absolute atomic E-state index is 11.7. The molecule has 1 aromatic rings. The van der Waals surface area contributed by atoms with Gasteiger partial charge in [0.2, 0.25) is 5.91 Å². The Morgan fingerprint density at radius 3 is 2.95 bits per heavy atom. The van der Waals surface area contributed by atoms with E-state index in [1.54, 1.807) is 12.1 Å². The van der Waals surface area contributed by atoms with Crippen molar-refractivity contribution in [1.29, 1.82) is 0 Å². The first kappa shape index (κ1) is 14.6. The average molecular weight is 302 g/mol. The van der Waals surface area contributed by atoms with Gasteiger partial charge in [-0.2, -0.15) is 0 Å². The van der Waals surface area contributed by atoms with E-state index in [0.717, 1.165) is 25.0 Å². The van der Waals surface area contributed by atoms with E-state index in [2.05, 4.69) is 5.32 Å². The van der Waals surface area contributed by atoms with Gasteiger partial charge in [0.15, 0.2) is 0 Å². The van der Waals surface area contributed by atoms with Gasteiger partial charge in [-0.3, -0.25) is 4.79 Å². The van der Waals surface area contributed by atoms with Crippen LogP contribution in [0.3, 0.4) is 0 Å². The number of hydrogen-bond acceptors (Lipinski definition) is 2. The highest BCUT2D eigenvalue weighted by molar-refractivity contribution is 6.35. The van der Waals surface area contributed by atoms with Crippen molar-refractivity contribution in [3.05, 3.63) is 33.8 Å². The second-order valence-corrected chi connectivity index (χ2v) is 5.52. The molecule has 1 heterocycles. The molecule has 0 spiro atoms. The van der Waals surface area contributed by atoms with Crippen molar-refractivity contribution in [1.82, 2.24) is 5.32 Å². The van der Waals surface area contributed by atoms with Gasteiger partial charge in [-0.05, 0) is 37.0 Å². The van der Waals surface area contributed by atoms with Gasteiger partial charge >= 0.3 is 0 Å². The fourth-order valence-electron chi connectivity index (χ4n) is 2.15. The van der Waals surface area contributed by atoms with Crippen LogP contribution in [0.4, 0.5) is 0 Å². The molecule has 0 aromatic heterocycles. The minimum absolute atomic E-state index is 0.0389. The van der Waals surface area contributed by atoms with Crippen molar-refractivity contribution in [2.24, 2.45) is 0 Å². The number of ether oxygens (including phenoxy) is 1. The van der Waals surface area contributed by atoms with Crippen molar-refractivity contribution >= 4 is 29.1 Å². The van der Waals surface area contributed by atoms with Crippen LogP contribution >= 0.6 is 23.2 Å². The SMILES string of the molecule is O=C(C[C@H]1CCCO1)NCCc1ccc(Cl)cc1Cl. The Balaban J connectivity index is 1.72. The first-order valence-electron chi connectivity index (χ1n) is 6.47. The Labute approximate surface area is 123 Å². The van der Waals surface area contributed by atoms with Gasteiger partial charge in [0.25, 0.3) is 0 Å². The molecule has 1 atom stereocenters. The number of nitrogens with one attached hydrogen (secondary N) is 1. The number of benzene rings is 1. The Bertz CT molecular complexity index is 445. The third kappa shape index (κ3) is 4.68. The van der Waals surface area contributed by atoms with Gasteiger partial charge in [0, 0.05) is 23.2 Å². The van der Waals surface area contributed by atoms with E-state index in [9.17, 15) is 4.79 Å². The quantitative estimate of drug-likeness (QED) is 0.907. The molecule has 1 aromatic carbocycles. The zero-order valence-electron chi connectivity index (χ0n) is 10.6.